The Kier molecular flexibility index (Phi) is 6.81. The van der Waals surface area contributed by atoms with Crippen LogP contribution in [0.2, 0.25) is 0 Å². The van der Waals surface area contributed by atoms with E-state index in [0.29, 0.717) is 12.1 Å². The van der Waals surface area contributed by atoms with Crippen molar-refractivity contribution in [1.29, 1.82) is 0 Å². The molecule has 0 bridgehead atoms. The van der Waals surface area contributed by atoms with Gasteiger partial charge >= 0.3 is 0 Å². The summed E-state index contributed by atoms with van der Waals surface area (Å²) >= 11 is 0. The third-order valence-electron chi connectivity index (χ3n) is 6.99. The van der Waals surface area contributed by atoms with E-state index in [1.54, 1.807) is 6.08 Å². The van der Waals surface area contributed by atoms with Crippen molar-refractivity contribution in [2.24, 2.45) is 17.6 Å². The van der Waals surface area contributed by atoms with E-state index < -0.39 is 0 Å². The van der Waals surface area contributed by atoms with Crippen molar-refractivity contribution >= 4 is 11.8 Å². The molecule has 1 unspecified atom stereocenters. The summed E-state index contributed by atoms with van der Waals surface area (Å²) in [7, 11) is 0. The predicted molar refractivity (Wildman–Crippen MR) is 128 cm³/mol. The van der Waals surface area contributed by atoms with Gasteiger partial charge in [-0.3, -0.25) is 4.90 Å². The molecule has 1 atom stereocenters. The minimum atomic E-state index is -0.351. The van der Waals surface area contributed by atoms with Gasteiger partial charge in [0.05, 0.1) is 5.92 Å². The first-order valence-corrected chi connectivity index (χ1v) is 11.5. The number of allylic oxidation sites excluding steroid dienone is 3. The molecule has 2 heterocycles. The number of rotatable bonds is 6. The van der Waals surface area contributed by atoms with Crippen LogP contribution in [0.15, 0.2) is 66.8 Å². The Morgan fingerprint density at radius 1 is 1.03 bits per heavy atom. The predicted octanol–water partition coefficient (Wildman–Crippen LogP) is 4.39. The molecule has 31 heavy (non-hydrogen) atoms. The number of nitrogens with zero attached hydrogens (tertiary/aromatic N) is 3. The van der Waals surface area contributed by atoms with Crippen LogP contribution in [0, 0.1) is 11.8 Å². The third kappa shape index (κ3) is 5.21. The quantitative estimate of drug-likeness (QED) is 0.737. The molecule has 0 saturated carbocycles. The maximum absolute atomic E-state index is 14.3. The number of piperidine rings is 1. The van der Waals surface area contributed by atoms with Gasteiger partial charge in [0.15, 0.2) is 0 Å². The molecular weight excluding hydrogens is 387 g/mol. The number of halogens is 1. The highest BCUT2D eigenvalue weighted by Crippen LogP contribution is 2.30. The zero-order valence-corrected chi connectivity index (χ0v) is 18.5. The van der Waals surface area contributed by atoms with Crippen LogP contribution in [0.5, 0.6) is 0 Å². The molecule has 0 aromatic heterocycles. The Morgan fingerprint density at radius 3 is 2.29 bits per heavy atom. The van der Waals surface area contributed by atoms with Crippen molar-refractivity contribution in [3.63, 3.8) is 0 Å². The summed E-state index contributed by atoms with van der Waals surface area (Å²) < 4.78 is 14.3. The lowest BCUT2D eigenvalue weighted by Gasteiger charge is -2.40. The van der Waals surface area contributed by atoms with Gasteiger partial charge in [-0.25, -0.2) is 4.39 Å². The first-order chi connectivity index (χ1) is 15.0. The summed E-state index contributed by atoms with van der Waals surface area (Å²) in [5.41, 5.74) is 9.62. The minimum Gasteiger partial charge on any atom is -0.402 e. The Morgan fingerprint density at radius 2 is 1.71 bits per heavy atom. The standard InChI is InChI=1S/C26H35FN4/c1-3-21-4-6-23(7-5-21)30-12-10-22(11-13-30)19-29-14-16-31(17-15-29)24-8-9-25(20(2)28)26(27)18-24/h3-8,18,22,25H,1-2,9-17,19,28H2. The van der Waals surface area contributed by atoms with Crippen molar-refractivity contribution in [1.82, 2.24) is 9.80 Å². The Hall–Kier alpha value is -2.53. The van der Waals surface area contributed by atoms with Crippen LogP contribution in [0.3, 0.4) is 0 Å². The second-order valence-corrected chi connectivity index (χ2v) is 9.04. The molecule has 4 nitrogen and oxygen atoms in total. The highest BCUT2D eigenvalue weighted by Gasteiger charge is 2.26. The van der Waals surface area contributed by atoms with E-state index in [0.717, 1.165) is 50.9 Å². The van der Waals surface area contributed by atoms with E-state index in [4.69, 9.17) is 5.73 Å². The van der Waals surface area contributed by atoms with Gasteiger partial charge in [-0.1, -0.05) is 37.4 Å². The van der Waals surface area contributed by atoms with E-state index in [1.165, 1.54) is 30.6 Å². The molecule has 1 aliphatic carbocycles. The molecule has 3 aliphatic rings. The zero-order valence-electron chi connectivity index (χ0n) is 18.5. The second kappa shape index (κ2) is 9.73. The third-order valence-corrected chi connectivity index (χ3v) is 6.99. The van der Waals surface area contributed by atoms with Crippen LogP contribution in [0.25, 0.3) is 6.08 Å². The Bertz CT molecular complexity index is 841. The highest BCUT2D eigenvalue weighted by molar-refractivity contribution is 5.55. The fourth-order valence-corrected chi connectivity index (χ4v) is 4.95. The number of hydrogen-bond acceptors (Lipinski definition) is 4. The topological polar surface area (TPSA) is 35.7 Å². The van der Waals surface area contributed by atoms with Gasteiger partial charge < -0.3 is 15.5 Å². The van der Waals surface area contributed by atoms with Crippen LogP contribution in [-0.4, -0.2) is 55.6 Å². The van der Waals surface area contributed by atoms with Gasteiger partial charge in [0.2, 0.25) is 0 Å². The maximum atomic E-state index is 14.3. The van der Waals surface area contributed by atoms with E-state index >= 15 is 0 Å². The van der Waals surface area contributed by atoms with Crippen LogP contribution >= 0.6 is 0 Å². The van der Waals surface area contributed by atoms with E-state index in [9.17, 15) is 4.39 Å². The summed E-state index contributed by atoms with van der Waals surface area (Å²) in [6, 6.07) is 8.70. The van der Waals surface area contributed by atoms with Crippen molar-refractivity contribution in [2.75, 3.05) is 50.7 Å². The van der Waals surface area contributed by atoms with Crippen molar-refractivity contribution in [3.05, 3.63) is 72.4 Å². The van der Waals surface area contributed by atoms with Crippen molar-refractivity contribution in [2.45, 2.75) is 19.3 Å². The summed E-state index contributed by atoms with van der Waals surface area (Å²) in [6.07, 6.45) is 8.75. The van der Waals surface area contributed by atoms with Crippen LogP contribution in [0.1, 0.15) is 24.8 Å². The van der Waals surface area contributed by atoms with Gasteiger partial charge in [0, 0.05) is 62.9 Å². The Labute approximate surface area is 186 Å². The molecule has 4 rings (SSSR count). The largest absolute Gasteiger partial charge is 0.402 e. The summed E-state index contributed by atoms with van der Waals surface area (Å²) in [4.78, 5) is 7.39. The molecule has 2 fully saturated rings. The lowest BCUT2D eigenvalue weighted by molar-refractivity contribution is 0.134. The lowest BCUT2D eigenvalue weighted by Crippen LogP contribution is -2.48. The van der Waals surface area contributed by atoms with E-state index in [2.05, 4.69) is 58.2 Å². The van der Waals surface area contributed by atoms with E-state index in [-0.39, 0.29) is 11.7 Å². The molecule has 0 spiro atoms. The van der Waals surface area contributed by atoms with Gasteiger partial charge in [-0.2, -0.15) is 0 Å². The zero-order chi connectivity index (χ0) is 21.8. The average Bonchev–Trinajstić information content (AvgIpc) is 2.80. The maximum Gasteiger partial charge on any atom is 0.111 e. The molecule has 2 saturated heterocycles. The van der Waals surface area contributed by atoms with E-state index in [1.807, 2.05) is 6.08 Å². The minimum absolute atomic E-state index is 0.154. The smallest absolute Gasteiger partial charge is 0.111 e. The SMILES string of the molecule is C=Cc1ccc(N2CCC(CN3CCN(C4=CCC(C(=C)N)C(F)=C4)CC3)CC2)cc1. The molecule has 2 aliphatic heterocycles. The summed E-state index contributed by atoms with van der Waals surface area (Å²) in [6.45, 7) is 15.0. The molecule has 5 heteroatoms. The number of benzene rings is 1. The van der Waals surface area contributed by atoms with Crippen LogP contribution < -0.4 is 10.6 Å². The normalized spacial score (nSPS) is 23.3. The molecule has 0 radical (unpaired) electrons. The highest BCUT2D eigenvalue weighted by atomic mass is 19.1. The van der Waals surface area contributed by atoms with Gasteiger partial charge in [-0.05, 0) is 49.0 Å². The Balaban J connectivity index is 1.21. The molecular formula is C26H35FN4. The molecule has 1 aromatic rings. The molecule has 2 N–H and O–H groups in total. The molecule has 166 valence electrons. The summed E-state index contributed by atoms with van der Waals surface area (Å²) in [5.74, 6) is 0.256. The first-order valence-electron chi connectivity index (χ1n) is 11.5. The van der Waals surface area contributed by atoms with Crippen molar-refractivity contribution < 1.29 is 4.39 Å². The summed E-state index contributed by atoms with van der Waals surface area (Å²) in [5, 5.41) is 0. The van der Waals surface area contributed by atoms with Gasteiger partial charge in [0.1, 0.15) is 5.83 Å². The fourth-order valence-electron chi connectivity index (χ4n) is 4.95. The lowest BCUT2D eigenvalue weighted by atomic mass is 9.94. The molecule has 1 aromatic carbocycles. The van der Waals surface area contributed by atoms with Crippen LogP contribution in [0.4, 0.5) is 10.1 Å². The fraction of sp³-hybridized carbons (Fsp3) is 0.462. The second-order valence-electron chi connectivity index (χ2n) is 9.04. The number of piperazine rings is 1. The monoisotopic (exact) mass is 422 g/mol. The first kappa shape index (κ1) is 21.7. The number of nitrogens with two attached hydrogens (primary N) is 1. The van der Waals surface area contributed by atoms with Gasteiger partial charge in [-0.15, -0.1) is 0 Å². The number of hydrogen-bond donors (Lipinski definition) is 1. The van der Waals surface area contributed by atoms with Crippen molar-refractivity contribution in [3.8, 4) is 0 Å². The van der Waals surface area contributed by atoms with Crippen LogP contribution in [-0.2, 0) is 0 Å². The molecule has 0 amide bonds. The number of anilines is 1. The average molecular weight is 423 g/mol. The van der Waals surface area contributed by atoms with Gasteiger partial charge in [0.25, 0.3) is 0 Å².